The van der Waals surface area contributed by atoms with Crippen molar-refractivity contribution in [2.45, 2.75) is 38.0 Å². The predicted octanol–water partition coefficient (Wildman–Crippen LogP) is 1.99. The van der Waals surface area contributed by atoms with Gasteiger partial charge in [0, 0.05) is 24.4 Å². The molecule has 7 heteroatoms. The van der Waals surface area contributed by atoms with E-state index >= 15 is 0 Å². The van der Waals surface area contributed by atoms with Gasteiger partial charge in [0.25, 0.3) is 5.91 Å². The molecule has 120 valence electrons. The fourth-order valence-electron chi connectivity index (χ4n) is 2.15. The Morgan fingerprint density at radius 2 is 1.82 bits per heavy atom. The van der Waals surface area contributed by atoms with Crippen LogP contribution in [0.5, 0.6) is 0 Å². The molecule has 1 amide bonds. The number of hydrazone groups is 1. The Bertz CT molecular complexity index is 660. The number of carbonyl (C=O) groups excluding carboxylic acids is 1. The van der Waals surface area contributed by atoms with Gasteiger partial charge in [-0.15, -0.1) is 0 Å². The number of hydrogen-bond acceptors (Lipinski definition) is 4. The SMILES string of the molecule is CC/C(C)=N\NC(=O)c1ccc(S(=O)(=O)N2CCCC2)cc1. The minimum absolute atomic E-state index is 0.221. The van der Waals surface area contributed by atoms with Crippen LogP contribution in [0.3, 0.4) is 0 Å². The highest BCUT2D eigenvalue weighted by atomic mass is 32.2. The van der Waals surface area contributed by atoms with E-state index in [2.05, 4.69) is 10.5 Å². The Morgan fingerprint density at radius 1 is 1.23 bits per heavy atom. The number of nitrogens with zero attached hydrogens (tertiary/aromatic N) is 2. The minimum Gasteiger partial charge on any atom is -0.267 e. The van der Waals surface area contributed by atoms with Crippen LogP contribution >= 0.6 is 0 Å². The van der Waals surface area contributed by atoms with Crippen LogP contribution in [0.2, 0.25) is 0 Å². The van der Waals surface area contributed by atoms with Gasteiger partial charge < -0.3 is 0 Å². The second kappa shape index (κ2) is 7.02. The molecule has 1 N–H and O–H groups in total. The molecule has 0 aromatic heterocycles. The normalized spacial score (nSPS) is 16.7. The summed E-state index contributed by atoms with van der Waals surface area (Å²) >= 11 is 0. The summed E-state index contributed by atoms with van der Waals surface area (Å²) in [4.78, 5) is 12.1. The van der Waals surface area contributed by atoms with Gasteiger partial charge in [-0.3, -0.25) is 4.79 Å². The molecular formula is C15H21N3O3S. The van der Waals surface area contributed by atoms with Gasteiger partial charge in [-0.1, -0.05) is 6.92 Å². The summed E-state index contributed by atoms with van der Waals surface area (Å²) in [5, 5.41) is 3.94. The van der Waals surface area contributed by atoms with E-state index in [1.807, 2.05) is 13.8 Å². The third-order valence-electron chi connectivity index (χ3n) is 3.68. The van der Waals surface area contributed by atoms with Crippen molar-refractivity contribution in [3.63, 3.8) is 0 Å². The Balaban J connectivity index is 2.11. The summed E-state index contributed by atoms with van der Waals surface area (Å²) in [6.45, 7) is 4.90. The molecule has 0 radical (unpaired) electrons. The lowest BCUT2D eigenvalue weighted by atomic mass is 10.2. The number of sulfonamides is 1. The molecule has 1 heterocycles. The van der Waals surface area contributed by atoms with Crippen LogP contribution in [0.4, 0.5) is 0 Å². The van der Waals surface area contributed by atoms with Gasteiger partial charge in [-0.05, 0) is 50.5 Å². The maximum atomic E-state index is 12.4. The van der Waals surface area contributed by atoms with Crippen molar-refractivity contribution in [1.82, 2.24) is 9.73 Å². The van der Waals surface area contributed by atoms with Gasteiger partial charge in [-0.2, -0.15) is 9.41 Å². The van der Waals surface area contributed by atoms with Crippen molar-refractivity contribution in [3.05, 3.63) is 29.8 Å². The Morgan fingerprint density at radius 3 is 2.36 bits per heavy atom. The molecule has 0 bridgehead atoms. The van der Waals surface area contributed by atoms with Crippen molar-refractivity contribution in [2.24, 2.45) is 5.10 Å². The van der Waals surface area contributed by atoms with E-state index in [-0.39, 0.29) is 10.8 Å². The molecule has 1 aromatic rings. The van der Waals surface area contributed by atoms with Crippen LogP contribution in [-0.2, 0) is 10.0 Å². The van der Waals surface area contributed by atoms with Crippen molar-refractivity contribution < 1.29 is 13.2 Å². The molecule has 1 saturated heterocycles. The Hall–Kier alpha value is -1.73. The molecule has 1 aliphatic heterocycles. The average molecular weight is 323 g/mol. The topological polar surface area (TPSA) is 78.8 Å². The number of rotatable bonds is 5. The molecule has 1 fully saturated rings. The fraction of sp³-hybridized carbons (Fsp3) is 0.467. The largest absolute Gasteiger partial charge is 0.271 e. The lowest BCUT2D eigenvalue weighted by Gasteiger charge is -2.15. The highest BCUT2D eigenvalue weighted by molar-refractivity contribution is 7.89. The maximum Gasteiger partial charge on any atom is 0.271 e. The lowest BCUT2D eigenvalue weighted by molar-refractivity contribution is 0.0954. The van der Waals surface area contributed by atoms with Crippen LogP contribution in [0.25, 0.3) is 0 Å². The molecule has 2 rings (SSSR count). The zero-order valence-corrected chi connectivity index (χ0v) is 13.7. The van der Waals surface area contributed by atoms with Crippen LogP contribution < -0.4 is 5.43 Å². The fourth-order valence-corrected chi connectivity index (χ4v) is 3.66. The quantitative estimate of drug-likeness (QED) is 0.665. The summed E-state index contributed by atoms with van der Waals surface area (Å²) in [7, 11) is -3.44. The number of nitrogens with one attached hydrogen (secondary N) is 1. The van der Waals surface area contributed by atoms with Crippen LogP contribution in [0.15, 0.2) is 34.3 Å². The van der Waals surface area contributed by atoms with Crippen molar-refractivity contribution in [1.29, 1.82) is 0 Å². The van der Waals surface area contributed by atoms with Crippen LogP contribution in [-0.4, -0.2) is 37.4 Å². The smallest absolute Gasteiger partial charge is 0.267 e. The first-order valence-electron chi connectivity index (χ1n) is 7.39. The van der Waals surface area contributed by atoms with E-state index < -0.39 is 10.0 Å². The third kappa shape index (κ3) is 3.72. The number of carbonyl (C=O) groups is 1. The highest BCUT2D eigenvalue weighted by Crippen LogP contribution is 2.21. The Kier molecular flexibility index (Phi) is 5.31. The van der Waals surface area contributed by atoms with E-state index in [9.17, 15) is 13.2 Å². The van der Waals surface area contributed by atoms with E-state index in [1.165, 1.54) is 28.6 Å². The third-order valence-corrected chi connectivity index (χ3v) is 5.59. The first-order valence-corrected chi connectivity index (χ1v) is 8.83. The average Bonchev–Trinajstić information content (AvgIpc) is 3.07. The van der Waals surface area contributed by atoms with Crippen molar-refractivity contribution in [3.8, 4) is 0 Å². The molecule has 22 heavy (non-hydrogen) atoms. The van der Waals surface area contributed by atoms with Crippen molar-refractivity contribution in [2.75, 3.05) is 13.1 Å². The second-order valence-electron chi connectivity index (χ2n) is 5.28. The van der Waals surface area contributed by atoms with Crippen LogP contribution in [0, 0.1) is 0 Å². The summed E-state index contributed by atoms with van der Waals surface area (Å²) in [6.07, 6.45) is 2.55. The second-order valence-corrected chi connectivity index (χ2v) is 7.22. The molecule has 0 saturated carbocycles. The molecule has 0 aliphatic carbocycles. The minimum atomic E-state index is -3.44. The Labute approximate surface area is 131 Å². The molecule has 1 aliphatic rings. The molecule has 0 atom stereocenters. The van der Waals surface area contributed by atoms with E-state index in [4.69, 9.17) is 0 Å². The zero-order valence-electron chi connectivity index (χ0n) is 12.9. The van der Waals surface area contributed by atoms with Gasteiger partial charge >= 0.3 is 0 Å². The first-order chi connectivity index (χ1) is 10.4. The lowest BCUT2D eigenvalue weighted by Crippen LogP contribution is -2.28. The summed E-state index contributed by atoms with van der Waals surface area (Å²) in [5.41, 5.74) is 3.66. The monoisotopic (exact) mass is 323 g/mol. The number of amides is 1. The molecule has 0 spiro atoms. The standard InChI is InChI=1S/C15H21N3O3S/c1-3-12(2)16-17-15(19)13-6-8-14(9-7-13)22(20,21)18-10-4-5-11-18/h6-9H,3-5,10-11H2,1-2H3,(H,17,19)/b16-12-. The predicted molar refractivity (Wildman–Crippen MR) is 85.3 cm³/mol. The number of benzene rings is 1. The molecule has 1 aromatic carbocycles. The summed E-state index contributed by atoms with van der Waals surface area (Å²) < 4.78 is 26.2. The van der Waals surface area contributed by atoms with E-state index in [0.717, 1.165) is 25.0 Å². The van der Waals surface area contributed by atoms with Gasteiger partial charge in [0.05, 0.1) is 4.90 Å². The van der Waals surface area contributed by atoms with Crippen molar-refractivity contribution >= 4 is 21.6 Å². The van der Waals surface area contributed by atoms with Gasteiger partial charge in [0.15, 0.2) is 0 Å². The summed E-state index contributed by atoms with van der Waals surface area (Å²) in [5.74, 6) is -0.349. The van der Waals surface area contributed by atoms with Gasteiger partial charge in [0.1, 0.15) is 0 Å². The molecule has 0 unspecified atom stereocenters. The van der Waals surface area contributed by atoms with E-state index in [1.54, 1.807) is 0 Å². The van der Waals surface area contributed by atoms with Gasteiger partial charge in [-0.25, -0.2) is 13.8 Å². The maximum absolute atomic E-state index is 12.4. The van der Waals surface area contributed by atoms with E-state index in [0.29, 0.717) is 18.7 Å². The number of hydrogen-bond donors (Lipinski definition) is 1. The molecular weight excluding hydrogens is 302 g/mol. The summed E-state index contributed by atoms with van der Waals surface area (Å²) in [6, 6.07) is 5.96. The first kappa shape index (κ1) is 16.6. The van der Waals surface area contributed by atoms with Gasteiger partial charge in [0.2, 0.25) is 10.0 Å². The zero-order chi connectivity index (χ0) is 16.2. The molecule has 6 nitrogen and oxygen atoms in total. The highest BCUT2D eigenvalue weighted by Gasteiger charge is 2.27. The van der Waals surface area contributed by atoms with Crippen LogP contribution in [0.1, 0.15) is 43.5 Å².